The molecule has 0 N–H and O–H groups in total. The number of rotatable bonds is 68. The summed E-state index contributed by atoms with van der Waals surface area (Å²) in [5.74, 6) is -0.849. The van der Waals surface area contributed by atoms with Gasteiger partial charge in [0.1, 0.15) is 13.2 Å². The van der Waals surface area contributed by atoms with Gasteiger partial charge >= 0.3 is 17.9 Å². The molecule has 476 valence electrons. The number of carbonyl (C=O) groups is 3. The summed E-state index contributed by atoms with van der Waals surface area (Å²) >= 11 is 0. The second-order valence-corrected chi connectivity index (χ2v) is 24.9. The van der Waals surface area contributed by atoms with Crippen molar-refractivity contribution in [1.29, 1.82) is 0 Å². The van der Waals surface area contributed by atoms with Gasteiger partial charge in [-0.1, -0.05) is 353 Å². The van der Waals surface area contributed by atoms with Crippen molar-refractivity contribution in [3.8, 4) is 0 Å². The molecule has 1 unspecified atom stereocenters. The summed E-state index contributed by atoms with van der Waals surface area (Å²) in [4.78, 5) is 38.4. The summed E-state index contributed by atoms with van der Waals surface area (Å²) in [6.07, 6.45) is 87.7. The molecule has 0 rings (SSSR count). The summed E-state index contributed by atoms with van der Waals surface area (Å²) in [6.45, 7) is 6.66. The predicted molar refractivity (Wildman–Crippen MR) is 353 cm³/mol. The molecular formula is C75H140O6. The first-order valence-electron chi connectivity index (χ1n) is 36.5. The van der Waals surface area contributed by atoms with Crippen molar-refractivity contribution in [1.82, 2.24) is 0 Å². The first-order chi connectivity index (χ1) is 40.0. The second-order valence-electron chi connectivity index (χ2n) is 24.9. The van der Waals surface area contributed by atoms with Crippen LogP contribution in [0.2, 0.25) is 0 Å². The highest BCUT2D eigenvalue weighted by Crippen LogP contribution is 2.19. The van der Waals surface area contributed by atoms with Crippen LogP contribution in [0.3, 0.4) is 0 Å². The molecule has 0 heterocycles. The van der Waals surface area contributed by atoms with Crippen LogP contribution in [0.1, 0.15) is 406 Å². The molecule has 0 spiro atoms. The fourth-order valence-electron chi connectivity index (χ4n) is 11.1. The molecule has 0 fully saturated rings. The zero-order valence-corrected chi connectivity index (χ0v) is 54.8. The summed E-state index contributed by atoms with van der Waals surface area (Å²) in [5.41, 5.74) is 0. The summed E-state index contributed by atoms with van der Waals surface area (Å²) in [7, 11) is 0. The summed E-state index contributed by atoms with van der Waals surface area (Å²) in [6, 6.07) is 0. The fraction of sp³-hybridized carbons (Fsp3) is 0.880. The van der Waals surface area contributed by atoms with Crippen LogP contribution < -0.4 is 0 Å². The van der Waals surface area contributed by atoms with Gasteiger partial charge < -0.3 is 14.2 Å². The van der Waals surface area contributed by atoms with Gasteiger partial charge in [-0.2, -0.15) is 0 Å². The zero-order chi connectivity index (χ0) is 58.5. The minimum absolute atomic E-state index is 0.0690. The first kappa shape index (κ1) is 78.6. The van der Waals surface area contributed by atoms with E-state index in [-0.39, 0.29) is 31.1 Å². The smallest absolute Gasteiger partial charge is 0.306 e. The molecule has 0 aliphatic rings. The molecule has 0 bridgehead atoms. The van der Waals surface area contributed by atoms with Crippen LogP contribution in [-0.4, -0.2) is 37.2 Å². The van der Waals surface area contributed by atoms with Crippen LogP contribution in [0.25, 0.3) is 0 Å². The summed E-state index contributed by atoms with van der Waals surface area (Å²) in [5, 5.41) is 0. The quantitative estimate of drug-likeness (QED) is 0.0261. The largest absolute Gasteiger partial charge is 0.462 e. The Labute approximate surface area is 506 Å². The third-order valence-electron chi connectivity index (χ3n) is 16.6. The van der Waals surface area contributed by atoms with Crippen LogP contribution in [0, 0.1) is 0 Å². The Morgan fingerprint density at radius 1 is 0.247 bits per heavy atom. The van der Waals surface area contributed by atoms with E-state index >= 15 is 0 Å². The first-order valence-corrected chi connectivity index (χ1v) is 36.5. The minimum atomic E-state index is -0.773. The Hall–Kier alpha value is -2.37. The van der Waals surface area contributed by atoms with Crippen molar-refractivity contribution < 1.29 is 28.6 Å². The topological polar surface area (TPSA) is 78.9 Å². The molecule has 0 saturated heterocycles. The van der Waals surface area contributed by atoms with E-state index in [0.717, 1.165) is 70.6 Å². The monoisotopic (exact) mass is 1140 g/mol. The SMILES string of the molecule is CCCC/C=C\CCCCCCCC(=O)OCC(COC(=O)CCCCCCCCCCCCCCCCCCC/C=C\C/C=C\CCCCCCC)OC(=O)CCCCCCCCCCCCCCCCCCCCCCCCC. The molecule has 6 nitrogen and oxygen atoms in total. The van der Waals surface area contributed by atoms with Gasteiger partial charge in [0.25, 0.3) is 0 Å². The lowest BCUT2D eigenvalue weighted by Gasteiger charge is -2.18. The normalized spacial score (nSPS) is 12.2. The maximum absolute atomic E-state index is 12.9. The van der Waals surface area contributed by atoms with Crippen molar-refractivity contribution >= 4 is 17.9 Å². The molecular weight excluding hydrogens is 997 g/mol. The highest BCUT2D eigenvalue weighted by molar-refractivity contribution is 5.71. The van der Waals surface area contributed by atoms with Crippen LogP contribution in [0.15, 0.2) is 36.5 Å². The number of allylic oxidation sites excluding steroid dienone is 6. The van der Waals surface area contributed by atoms with E-state index in [4.69, 9.17) is 14.2 Å². The number of unbranched alkanes of at least 4 members (excludes halogenated alkanes) is 51. The van der Waals surface area contributed by atoms with E-state index in [2.05, 4.69) is 57.2 Å². The van der Waals surface area contributed by atoms with Gasteiger partial charge in [0.05, 0.1) is 0 Å². The summed E-state index contributed by atoms with van der Waals surface area (Å²) < 4.78 is 17.0. The average molecular weight is 1140 g/mol. The molecule has 81 heavy (non-hydrogen) atoms. The van der Waals surface area contributed by atoms with E-state index in [1.807, 2.05) is 0 Å². The molecule has 0 radical (unpaired) electrons. The van der Waals surface area contributed by atoms with Crippen LogP contribution >= 0.6 is 0 Å². The molecule has 0 aliphatic heterocycles. The third kappa shape index (κ3) is 68.3. The maximum Gasteiger partial charge on any atom is 0.306 e. The van der Waals surface area contributed by atoms with E-state index in [9.17, 15) is 14.4 Å². The number of hydrogen-bond acceptors (Lipinski definition) is 6. The number of hydrogen-bond donors (Lipinski definition) is 0. The van der Waals surface area contributed by atoms with Crippen molar-refractivity contribution in [2.24, 2.45) is 0 Å². The fourth-order valence-corrected chi connectivity index (χ4v) is 11.1. The van der Waals surface area contributed by atoms with Gasteiger partial charge in [-0.25, -0.2) is 0 Å². The Morgan fingerprint density at radius 3 is 0.728 bits per heavy atom. The van der Waals surface area contributed by atoms with Gasteiger partial charge in [-0.3, -0.25) is 14.4 Å². The molecule has 6 heteroatoms. The Morgan fingerprint density at radius 2 is 0.457 bits per heavy atom. The maximum atomic E-state index is 12.9. The highest BCUT2D eigenvalue weighted by atomic mass is 16.6. The third-order valence-corrected chi connectivity index (χ3v) is 16.6. The van der Waals surface area contributed by atoms with Gasteiger partial charge in [-0.15, -0.1) is 0 Å². The van der Waals surface area contributed by atoms with Gasteiger partial charge in [0.2, 0.25) is 0 Å². The minimum Gasteiger partial charge on any atom is -0.462 e. The molecule has 0 saturated carbocycles. The van der Waals surface area contributed by atoms with E-state index in [1.54, 1.807) is 0 Å². The zero-order valence-electron chi connectivity index (χ0n) is 54.8. The lowest BCUT2D eigenvalue weighted by atomic mass is 10.0. The lowest BCUT2D eigenvalue weighted by Crippen LogP contribution is -2.30. The van der Waals surface area contributed by atoms with Gasteiger partial charge in [0.15, 0.2) is 6.10 Å². The highest BCUT2D eigenvalue weighted by Gasteiger charge is 2.19. The Kier molecular flexibility index (Phi) is 68.1. The Balaban J connectivity index is 4.13. The van der Waals surface area contributed by atoms with E-state index < -0.39 is 6.10 Å². The molecule has 0 aromatic heterocycles. The number of esters is 3. The molecule has 0 amide bonds. The predicted octanol–water partition coefficient (Wildman–Crippen LogP) is 25.1. The van der Waals surface area contributed by atoms with Crippen molar-refractivity contribution in [2.45, 2.75) is 412 Å². The van der Waals surface area contributed by atoms with Gasteiger partial charge in [-0.05, 0) is 70.6 Å². The lowest BCUT2D eigenvalue weighted by molar-refractivity contribution is -0.167. The molecule has 1 atom stereocenters. The van der Waals surface area contributed by atoms with Crippen LogP contribution in [-0.2, 0) is 28.6 Å². The second kappa shape index (κ2) is 70.1. The van der Waals surface area contributed by atoms with Crippen molar-refractivity contribution in [2.75, 3.05) is 13.2 Å². The number of ether oxygens (including phenoxy) is 3. The van der Waals surface area contributed by atoms with Crippen LogP contribution in [0.4, 0.5) is 0 Å². The Bertz CT molecular complexity index is 1350. The average Bonchev–Trinajstić information content (AvgIpc) is 3.47. The standard InChI is InChI=1S/C75H140O6/c1-4-7-10-13-16-19-22-24-26-28-30-32-34-35-36-37-38-39-41-42-44-46-48-50-53-56-59-62-65-68-74(77)80-71-72(70-79-73(76)67-64-61-58-55-52-21-18-15-12-9-6-3)81-75(78)69-66-63-60-57-54-51-49-47-45-43-40-33-31-29-27-25-23-20-17-14-11-8-5-2/h15,18,22,24,28,30,72H,4-14,16-17,19-21,23,25-27,29,31-71H2,1-3H3/b18-15-,24-22-,30-28-. The van der Waals surface area contributed by atoms with E-state index in [1.165, 1.54) is 295 Å². The molecule has 0 aromatic rings. The number of carbonyl (C=O) groups excluding carboxylic acids is 3. The van der Waals surface area contributed by atoms with E-state index in [0.29, 0.717) is 19.3 Å². The van der Waals surface area contributed by atoms with Gasteiger partial charge in [0, 0.05) is 19.3 Å². The van der Waals surface area contributed by atoms with Crippen LogP contribution in [0.5, 0.6) is 0 Å². The molecule has 0 aliphatic carbocycles. The van der Waals surface area contributed by atoms with Crippen molar-refractivity contribution in [3.63, 3.8) is 0 Å². The molecule has 0 aromatic carbocycles. The van der Waals surface area contributed by atoms with Crippen molar-refractivity contribution in [3.05, 3.63) is 36.5 Å².